The molecule has 1 N–H and O–H groups in total. The summed E-state index contributed by atoms with van der Waals surface area (Å²) in [7, 11) is 3.96. The van der Waals surface area contributed by atoms with Gasteiger partial charge in [0.1, 0.15) is 5.82 Å². The van der Waals surface area contributed by atoms with Crippen LogP contribution in [0.3, 0.4) is 0 Å². The Bertz CT molecular complexity index is 391. The summed E-state index contributed by atoms with van der Waals surface area (Å²) in [6.45, 7) is 3.60. The van der Waals surface area contributed by atoms with Gasteiger partial charge in [0.2, 0.25) is 0 Å². The number of carbonyl (C=O) groups excluding carboxylic acids is 1. The molecule has 0 amide bonds. The molecule has 0 bridgehead atoms. The van der Waals surface area contributed by atoms with Crippen LogP contribution in [0.15, 0.2) is 18.2 Å². The van der Waals surface area contributed by atoms with Crippen molar-refractivity contribution in [2.45, 2.75) is 6.92 Å². The molecular weight excluding hydrogens is 219 g/mol. The zero-order valence-corrected chi connectivity index (χ0v) is 10.6. The van der Waals surface area contributed by atoms with Gasteiger partial charge in [0.15, 0.2) is 5.78 Å². The second-order valence-corrected chi connectivity index (χ2v) is 4.37. The van der Waals surface area contributed by atoms with Crippen LogP contribution < -0.4 is 5.32 Å². The Hall–Kier alpha value is -1.26. The van der Waals surface area contributed by atoms with E-state index in [1.54, 1.807) is 13.0 Å². The Morgan fingerprint density at radius 2 is 2.12 bits per heavy atom. The van der Waals surface area contributed by atoms with Gasteiger partial charge in [-0.2, -0.15) is 0 Å². The van der Waals surface area contributed by atoms with Crippen LogP contribution in [0, 0.1) is 12.7 Å². The third-order valence-electron chi connectivity index (χ3n) is 2.50. The fraction of sp³-hybridized carbons (Fsp3) is 0.462. The summed E-state index contributed by atoms with van der Waals surface area (Å²) < 4.78 is 13.0. The predicted octanol–water partition coefficient (Wildman–Crippen LogP) is 1.47. The van der Waals surface area contributed by atoms with E-state index >= 15 is 0 Å². The predicted molar refractivity (Wildman–Crippen MR) is 66.9 cm³/mol. The van der Waals surface area contributed by atoms with Gasteiger partial charge in [-0.3, -0.25) is 4.79 Å². The molecule has 4 heteroatoms. The van der Waals surface area contributed by atoms with Crippen LogP contribution in [-0.2, 0) is 0 Å². The Morgan fingerprint density at radius 3 is 2.71 bits per heavy atom. The molecule has 0 aliphatic heterocycles. The lowest BCUT2D eigenvalue weighted by atomic mass is 10.1. The summed E-state index contributed by atoms with van der Waals surface area (Å²) in [5, 5.41) is 3.06. The van der Waals surface area contributed by atoms with E-state index in [0.717, 1.165) is 13.1 Å². The van der Waals surface area contributed by atoms with Gasteiger partial charge in [0, 0.05) is 18.7 Å². The molecule has 0 aliphatic rings. The molecule has 0 saturated heterocycles. The zero-order chi connectivity index (χ0) is 12.8. The van der Waals surface area contributed by atoms with E-state index in [0.29, 0.717) is 17.7 Å². The number of halogens is 1. The maximum atomic E-state index is 13.0. The van der Waals surface area contributed by atoms with E-state index in [4.69, 9.17) is 0 Å². The van der Waals surface area contributed by atoms with Crippen molar-refractivity contribution in [1.82, 2.24) is 10.2 Å². The first kappa shape index (κ1) is 13.8. The van der Waals surface area contributed by atoms with Crippen molar-refractivity contribution >= 4 is 5.78 Å². The summed E-state index contributed by atoms with van der Waals surface area (Å²) >= 11 is 0. The topological polar surface area (TPSA) is 32.3 Å². The molecule has 1 rings (SSSR count). The van der Waals surface area contributed by atoms with Crippen LogP contribution in [0.25, 0.3) is 0 Å². The third kappa shape index (κ3) is 4.63. The number of carbonyl (C=O) groups is 1. The Balaban J connectivity index is 2.44. The molecule has 0 aromatic heterocycles. The van der Waals surface area contributed by atoms with E-state index in [-0.39, 0.29) is 11.6 Å². The molecule has 0 radical (unpaired) electrons. The normalized spacial score (nSPS) is 10.9. The number of rotatable bonds is 6. The summed E-state index contributed by atoms with van der Waals surface area (Å²) in [5.41, 5.74) is 1.06. The first-order chi connectivity index (χ1) is 8.00. The molecule has 3 nitrogen and oxygen atoms in total. The van der Waals surface area contributed by atoms with Gasteiger partial charge in [0.05, 0.1) is 6.54 Å². The number of nitrogens with one attached hydrogen (secondary N) is 1. The van der Waals surface area contributed by atoms with Gasteiger partial charge < -0.3 is 10.2 Å². The maximum Gasteiger partial charge on any atom is 0.176 e. The van der Waals surface area contributed by atoms with Crippen LogP contribution in [0.1, 0.15) is 15.9 Å². The maximum absolute atomic E-state index is 13.0. The monoisotopic (exact) mass is 238 g/mol. The van der Waals surface area contributed by atoms with Crippen molar-refractivity contribution in [2.75, 3.05) is 33.7 Å². The largest absolute Gasteiger partial charge is 0.308 e. The summed E-state index contributed by atoms with van der Waals surface area (Å²) in [6.07, 6.45) is 0. The Labute approximate surface area is 102 Å². The van der Waals surface area contributed by atoms with E-state index < -0.39 is 0 Å². The molecular formula is C13H19FN2O. The van der Waals surface area contributed by atoms with Gasteiger partial charge in [0.25, 0.3) is 0 Å². The molecule has 0 fully saturated rings. The number of benzene rings is 1. The second-order valence-electron chi connectivity index (χ2n) is 4.37. The van der Waals surface area contributed by atoms with Gasteiger partial charge >= 0.3 is 0 Å². The molecule has 0 aliphatic carbocycles. The highest BCUT2D eigenvalue weighted by Gasteiger charge is 2.07. The minimum Gasteiger partial charge on any atom is -0.308 e. The van der Waals surface area contributed by atoms with Crippen molar-refractivity contribution in [3.05, 3.63) is 35.1 Å². The van der Waals surface area contributed by atoms with E-state index in [2.05, 4.69) is 5.32 Å². The summed E-state index contributed by atoms with van der Waals surface area (Å²) in [6, 6.07) is 4.45. The van der Waals surface area contributed by atoms with Gasteiger partial charge in [-0.1, -0.05) is 0 Å². The smallest absolute Gasteiger partial charge is 0.176 e. The minimum absolute atomic E-state index is 0.00754. The van der Waals surface area contributed by atoms with Crippen LogP contribution in [0.4, 0.5) is 4.39 Å². The molecule has 0 unspecified atom stereocenters. The number of ketones is 1. The summed E-state index contributed by atoms with van der Waals surface area (Å²) in [5.74, 6) is -0.283. The first-order valence-corrected chi connectivity index (χ1v) is 5.65. The lowest BCUT2D eigenvalue weighted by Crippen LogP contribution is -2.30. The Kier molecular flexibility index (Phi) is 5.25. The van der Waals surface area contributed by atoms with E-state index in [1.807, 2.05) is 19.0 Å². The molecule has 0 atom stereocenters. The van der Waals surface area contributed by atoms with Crippen LogP contribution in [-0.4, -0.2) is 44.4 Å². The van der Waals surface area contributed by atoms with E-state index in [1.165, 1.54) is 12.1 Å². The van der Waals surface area contributed by atoms with Crippen LogP contribution in [0.2, 0.25) is 0 Å². The van der Waals surface area contributed by atoms with Crippen molar-refractivity contribution in [1.29, 1.82) is 0 Å². The van der Waals surface area contributed by atoms with Gasteiger partial charge in [-0.15, -0.1) is 0 Å². The molecule has 94 valence electrons. The third-order valence-corrected chi connectivity index (χ3v) is 2.50. The SMILES string of the molecule is Cc1cc(C(=O)CNCCN(C)C)ccc1F. The summed E-state index contributed by atoms with van der Waals surface area (Å²) in [4.78, 5) is 13.8. The molecule has 0 heterocycles. The second kappa shape index (κ2) is 6.47. The first-order valence-electron chi connectivity index (χ1n) is 5.65. The lowest BCUT2D eigenvalue weighted by Gasteiger charge is -2.10. The fourth-order valence-electron chi connectivity index (χ4n) is 1.42. The van der Waals surface area contributed by atoms with Gasteiger partial charge in [-0.25, -0.2) is 4.39 Å². The minimum atomic E-state index is -0.276. The van der Waals surface area contributed by atoms with Crippen molar-refractivity contribution in [3.63, 3.8) is 0 Å². The number of Topliss-reactive ketones (excluding diaryl/α,β-unsaturated/α-hetero) is 1. The highest BCUT2D eigenvalue weighted by atomic mass is 19.1. The fourth-order valence-corrected chi connectivity index (χ4v) is 1.42. The van der Waals surface area contributed by atoms with Crippen LogP contribution in [0.5, 0.6) is 0 Å². The number of hydrogen-bond acceptors (Lipinski definition) is 3. The average molecular weight is 238 g/mol. The Morgan fingerprint density at radius 1 is 1.41 bits per heavy atom. The van der Waals surface area contributed by atoms with Crippen LogP contribution >= 0.6 is 0 Å². The molecule has 1 aromatic rings. The van der Waals surface area contributed by atoms with Crippen molar-refractivity contribution < 1.29 is 9.18 Å². The highest BCUT2D eigenvalue weighted by Crippen LogP contribution is 2.09. The zero-order valence-electron chi connectivity index (χ0n) is 10.6. The standard InChI is InChI=1S/C13H19FN2O/c1-10-8-11(4-5-12(10)14)13(17)9-15-6-7-16(2)3/h4-5,8,15H,6-7,9H2,1-3H3. The molecule has 17 heavy (non-hydrogen) atoms. The van der Waals surface area contributed by atoms with E-state index in [9.17, 15) is 9.18 Å². The number of likely N-dealkylation sites (N-methyl/N-ethyl adjacent to an activating group) is 1. The highest BCUT2D eigenvalue weighted by molar-refractivity contribution is 5.97. The number of nitrogens with zero attached hydrogens (tertiary/aromatic N) is 1. The molecule has 1 aromatic carbocycles. The number of hydrogen-bond donors (Lipinski definition) is 1. The average Bonchev–Trinajstić information content (AvgIpc) is 2.27. The number of aryl methyl sites for hydroxylation is 1. The van der Waals surface area contributed by atoms with Crippen molar-refractivity contribution in [3.8, 4) is 0 Å². The van der Waals surface area contributed by atoms with Crippen molar-refractivity contribution in [2.24, 2.45) is 0 Å². The molecule has 0 spiro atoms. The molecule has 0 saturated carbocycles. The lowest BCUT2D eigenvalue weighted by molar-refractivity contribution is 0.0990. The van der Waals surface area contributed by atoms with Gasteiger partial charge in [-0.05, 0) is 44.8 Å². The quantitative estimate of drug-likeness (QED) is 0.601.